The minimum absolute atomic E-state index is 0.727. The second-order valence-electron chi connectivity index (χ2n) is 3.06. The van der Waals surface area contributed by atoms with Gasteiger partial charge in [-0.2, -0.15) is 0 Å². The second-order valence-corrected chi connectivity index (χ2v) is 3.06. The smallest absolute Gasteiger partial charge is 0.0715 e. The minimum Gasteiger partial charge on any atom is -0.380 e. The number of aryl methyl sites for hydroxylation is 2. The van der Waals surface area contributed by atoms with Crippen molar-refractivity contribution in [3.05, 3.63) is 34.9 Å². The lowest BCUT2D eigenvalue weighted by molar-refractivity contribution is 0.184. The van der Waals surface area contributed by atoms with E-state index in [0.29, 0.717) is 0 Å². The van der Waals surface area contributed by atoms with Gasteiger partial charge in [-0.05, 0) is 24.5 Å². The Labute approximate surface area is 88.1 Å². The van der Waals surface area contributed by atoms with E-state index >= 15 is 0 Å². The molecular formula is C13H22O. The van der Waals surface area contributed by atoms with E-state index in [-0.39, 0.29) is 0 Å². The maximum absolute atomic E-state index is 5.13. The lowest BCUT2D eigenvalue weighted by atomic mass is 10.0. The Morgan fingerprint density at radius 1 is 1.14 bits per heavy atom. The maximum Gasteiger partial charge on any atom is 0.0715 e. The highest BCUT2D eigenvalue weighted by Crippen LogP contribution is 2.13. The normalized spacial score (nSPS) is 9.21. The fraction of sp³-hybridized carbons (Fsp3) is 0.538. The average Bonchev–Trinajstić information content (AvgIpc) is 2.22. The van der Waals surface area contributed by atoms with Crippen LogP contribution in [-0.2, 0) is 17.8 Å². The van der Waals surface area contributed by atoms with Crippen molar-refractivity contribution in [1.82, 2.24) is 0 Å². The fourth-order valence-electron chi connectivity index (χ4n) is 1.39. The summed E-state index contributed by atoms with van der Waals surface area (Å²) in [5, 5.41) is 0. The van der Waals surface area contributed by atoms with E-state index in [9.17, 15) is 0 Å². The zero-order chi connectivity index (χ0) is 11.0. The monoisotopic (exact) mass is 194 g/mol. The minimum atomic E-state index is 0.727. The van der Waals surface area contributed by atoms with Crippen LogP contribution in [0.4, 0.5) is 0 Å². The molecule has 0 unspecified atom stereocenters. The van der Waals surface area contributed by atoms with Crippen LogP contribution in [0.5, 0.6) is 0 Å². The fourth-order valence-corrected chi connectivity index (χ4v) is 1.39. The molecule has 0 aromatic heterocycles. The molecule has 0 N–H and O–H groups in total. The summed E-state index contributed by atoms with van der Waals surface area (Å²) < 4.78 is 5.13. The quantitative estimate of drug-likeness (QED) is 0.712. The van der Waals surface area contributed by atoms with E-state index in [1.54, 1.807) is 7.11 Å². The van der Waals surface area contributed by atoms with Crippen molar-refractivity contribution < 1.29 is 4.74 Å². The zero-order valence-corrected chi connectivity index (χ0v) is 10.1. The first-order chi connectivity index (χ1) is 6.77. The first-order valence-electron chi connectivity index (χ1n) is 5.35. The zero-order valence-electron chi connectivity index (χ0n) is 10.1. The molecular weight excluding hydrogens is 172 g/mol. The highest BCUT2D eigenvalue weighted by Gasteiger charge is 1.99. The van der Waals surface area contributed by atoms with Crippen molar-refractivity contribution in [1.29, 1.82) is 0 Å². The average molecular weight is 194 g/mol. The van der Waals surface area contributed by atoms with Crippen LogP contribution in [0.1, 0.15) is 37.5 Å². The SMILES string of the molecule is CC.CCc1ccc(C)cc1COC. The molecule has 0 amide bonds. The summed E-state index contributed by atoms with van der Waals surface area (Å²) in [7, 11) is 1.74. The summed E-state index contributed by atoms with van der Waals surface area (Å²) >= 11 is 0. The van der Waals surface area contributed by atoms with Crippen LogP contribution < -0.4 is 0 Å². The highest BCUT2D eigenvalue weighted by molar-refractivity contribution is 5.30. The predicted molar refractivity (Wildman–Crippen MR) is 62.6 cm³/mol. The summed E-state index contributed by atoms with van der Waals surface area (Å²) in [6.45, 7) is 9.01. The van der Waals surface area contributed by atoms with Crippen LogP contribution >= 0.6 is 0 Å². The summed E-state index contributed by atoms with van der Waals surface area (Å²) in [5.41, 5.74) is 4.02. The first kappa shape index (κ1) is 13.2. The van der Waals surface area contributed by atoms with Crippen molar-refractivity contribution in [2.45, 2.75) is 40.7 Å². The Hall–Kier alpha value is -0.820. The topological polar surface area (TPSA) is 9.23 Å². The van der Waals surface area contributed by atoms with Gasteiger partial charge < -0.3 is 4.74 Å². The van der Waals surface area contributed by atoms with E-state index in [4.69, 9.17) is 4.74 Å². The molecule has 1 heteroatoms. The summed E-state index contributed by atoms with van der Waals surface area (Å²) in [5.74, 6) is 0. The van der Waals surface area contributed by atoms with E-state index in [0.717, 1.165) is 13.0 Å². The molecule has 0 bridgehead atoms. The van der Waals surface area contributed by atoms with Gasteiger partial charge in [-0.25, -0.2) is 0 Å². The third-order valence-electron chi connectivity index (χ3n) is 2.04. The molecule has 14 heavy (non-hydrogen) atoms. The number of methoxy groups -OCH3 is 1. The molecule has 0 fully saturated rings. The molecule has 1 aromatic rings. The number of hydrogen-bond acceptors (Lipinski definition) is 1. The molecule has 0 saturated carbocycles. The molecule has 1 aromatic carbocycles. The summed E-state index contributed by atoms with van der Waals surface area (Å²) in [6.07, 6.45) is 1.08. The first-order valence-corrected chi connectivity index (χ1v) is 5.35. The molecule has 0 aliphatic heterocycles. The van der Waals surface area contributed by atoms with Gasteiger partial charge in [-0.3, -0.25) is 0 Å². The number of ether oxygens (including phenoxy) is 1. The van der Waals surface area contributed by atoms with E-state index < -0.39 is 0 Å². The van der Waals surface area contributed by atoms with Crippen molar-refractivity contribution in [2.75, 3.05) is 7.11 Å². The Morgan fingerprint density at radius 3 is 2.29 bits per heavy atom. The molecule has 0 radical (unpaired) electrons. The largest absolute Gasteiger partial charge is 0.380 e. The van der Waals surface area contributed by atoms with Crippen molar-refractivity contribution >= 4 is 0 Å². The van der Waals surface area contributed by atoms with E-state index in [1.165, 1.54) is 16.7 Å². The van der Waals surface area contributed by atoms with Gasteiger partial charge in [0.2, 0.25) is 0 Å². The summed E-state index contributed by atoms with van der Waals surface area (Å²) in [4.78, 5) is 0. The molecule has 0 aliphatic carbocycles. The Balaban J connectivity index is 0.000000791. The Morgan fingerprint density at radius 2 is 1.79 bits per heavy atom. The molecule has 1 rings (SSSR count). The second kappa shape index (κ2) is 7.57. The number of benzene rings is 1. The molecule has 0 saturated heterocycles. The third-order valence-corrected chi connectivity index (χ3v) is 2.04. The highest BCUT2D eigenvalue weighted by atomic mass is 16.5. The van der Waals surface area contributed by atoms with Crippen molar-refractivity contribution in [3.63, 3.8) is 0 Å². The van der Waals surface area contributed by atoms with Crippen LogP contribution in [0, 0.1) is 6.92 Å². The van der Waals surface area contributed by atoms with Crippen molar-refractivity contribution in [2.24, 2.45) is 0 Å². The van der Waals surface area contributed by atoms with Gasteiger partial charge in [0.05, 0.1) is 6.61 Å². The predicted octanol–water partition coefficient (Wildman–Crippen LogP) is 3.73. The standard InChI is InChI=1S/C11H16O.C2H6/c1-4-10-6-5-9(2)7-11(10)8-12-3;1-2/h5-7H,4,8H2,1-3H3;1-2H3. The van der Waals surface area contributed by atoms with Crippen LogP contribution in [0.2, 0.25) is 0 Å². The molecule has 1 nitrogen and oxygen atoms in total. The molecule has 0 aliphatic rings. The lowest BCUT2D eigenvalue weighted by Gasteiger charge is -2.07. The summed E-state index contributed by atoms with van der Waals surface area (Å²) in [6, 6.07) is 6.53. The van der Waals surface area contributed by atoms with Crippen molar-refractivity contribution in [3.8, 4) is 0 Å². The van der Waals surface area contributed by atoms with Gasteiger partial charge >= 0.3 is 0 Å². The van der Waals surface area contributed by atoms with Gasteiger partial charge in [-0.1, -0.05) is 44.5 Å². The maximum atomic E-state index is 5.13. The molecule has 80 valence electrons. The van der Waals surface area contributed by atoms with E-state index in [2.05, 4.69) is 32.0 Å². The Kier molecular flexibility index (Phi) is 7.13. The van der Waals surface area contributed by atoms with Crippen LogP contribution in [0.25, 0.3) is 0 Å². The van der Waals surface area contributed by atoms with Gasteiger partial charge in [-0.15, -0.1) is 0 Å². The molecule has 0 spiro atoms. The van der Waals surface area contributed by atoms with E-state index in [1.807, 2.05) is 13.8 Å². The molecule has 0 atom stereocenters. The number of hydrogen-bond donors (Lipinski definition) is 0. The van der Waals surface area contributed by atoms with Crippen LogP contribution in [-0.4, -0.2) is 7.11 Å². The van der Waals surface area contributed by atoms with Crippen LogP contribution in [0.3, 0.4) is 0 Å². The number of rotatable bonds is 3. The van der Waals surface area contributed by atoms with Crippen LogP contribution in [0.15, 0.2) is 18.2 Å². The van der Waals surface area contributed by atoms with Gasteiger partial charge in [0.25, 0.3) is 0 Å². The van der Waals surface area contributed by atoms with Gasteiger partial charge in [0.1, 0.15) is 0 Å². The lowest BCUT2D eigenvalue weighted by Crippen LogP contribution is -1.95. The Bertz CT molecular complexity index is 253. The molecule has 0 heterocycles. The van der Waals surface area contributed by atoms with Gasteiger partial charge in [0.15, 0.2) is 0 Å². The third kappa shape index (κ3) is 3.93. The van der Waals surface area contributed by atoms with Gasteiger partial charge in [0, 0.05) is 7.11 Å².